The van der Waals surface area contributed by atoms with Crippen LogP contribution in [0.25, 0.3) is 0 Å². The number of aliphatic carboxylic acids is 1. The van der Waals surface area contributed by atoms with Gasteiger partial charge in [-0.25, -0.2) is 4.98 Å². The molecule has 1 atom stereocenters. The summed E-state index contributed by atoms with van der Waals surface area (Å²) in [4.78, 5) is 17.2. The van der Waals surface area contributed by atoms with E-state index in [9.17, 15) is 4.79 Å². The molecule has 1 N–H and O–H groups in total. The van der Waals surface area contributed by atoms with Gasteiger partial charge in [-0.15, -0.1) is 0 Å². The van der Waals surface area contributed by atoms with Crippen molar-refractivity contribution in [2.24, 2.45) is 5.92 Å². The van der Waals surface area contributed by atoms with Crippen LogP contribution in [0.5, 0.6) is 0 Å². The molecule has 0 saturated carbocycles. The molecule has 0 aromatic carbocycles. The highest BCUT2D eigenvalue weighted by Crippen LogP contribution is 2.21. The normalized spacial score (nSPS) is 20.9. The number of carboxylic acid groups (broad SMARTS) is 1. The van der Waals surface area contributed by atoms with Crippen molar-refractivity contribution in [1.29, 1.82) is 0 Å². The first-order chi connectivity index (χ1) is 8.04. The number of rotatable bonds is 4. The molecule has 1 fully saturated rings. The fourth-order valence-corrected chi connectivity index (χ4v) is 2.27. The summed E-state index contributed by atoms with van der Waals surface area (Å²) in [6, 6.07) is 0. The predicted molar refractivity (Wildman–Crippen MR) is 61.6 cm³/mol. The van der Waals surface area contributed by atoms with Crippen LogP contribution >= 0.6 is 0 Å². The maximum Gasteiger partial charge on any atom is 0.303 e. The Morgan fingerprint density at radius 2 is 2.35 bits per heavy atom. The van der Waals surface area contributed by atoms with Crippen molar-refractivity contribution in [1.82, 2.24) is 9.88 Å². The smallest absolute Gasteiger partial charge is 0.303 e. The molecule has 1 aromatic heterocycles. The van der Waals surface area contributed by atoms with Crippen LogP contribution in [0.2, 0.25) is 0 Å². The fraction of sp³-hybridized carbons (Fsp3) is 0.667. The zero-order chi connectivity index (χ0) is 12.4. The molecule has 0 bridgehead atoms. The summed E-state index contributed by atoms with van der Waals surface area (Å²) >= 11 is 0. The summed E-state index contributed by atoms with van der Waals surface area (Å²) in [7, 11) is 0. The molecule has 2 heterocycles. The van der Waals surface area contributed by atoms with E-state index in [4.69, 9.17) is 9.52 Å². The van der Waals surface area contributed by atoms with Crippen molar-refractivity contribution in [3.8, 4) is 0 Å². The van der Waals surface area contributed by atoms with Gasteiger partial charge in [0.25, 0.3) is 0 Å². The average Bonchev–Trinajstić information content (AvgIpc) is 2.75. The third-order valence-electron chi connectivity index (χ3n) is 3.26. The molecule has 5 nitrogen and oxygen atoms in total. The largest absolute Gasteiger partial charge is 0.481 e. The Morgan fingerprint density at radius 3 is 2.94 bits per heavy atom. The fourth-order valence-electron chi connectivity index (χ4n) is 2.27. The van der Waals surface area contributed by atoms with E-state index in [2.05, 4.69) is 9.88 Å². The summed E-state index contributed by atoms with van der Waals surface area (Å²) in [6.45, 7) is 6.28. The van der Waals surface area contributed by atoms with Crippen molar-refractivity contribution in [2.75, 3.05) is 13.1 Å². The van der Waals surface area contributed by atoms with Crippen LogP contribution < -0.4 is 0 Å². The number of hydrogen-bond acceptors (Lipinski definition) is 4. The van der Waals surface area contributed by atoms with E-state index in [1.54, 1.807) is 0 Å². The lowest BCUT2D eigenvalue weighted by atomic mass is 10.1. The number of nitrogens with zero attached hydrogens (tertiary/aromatic N) is 2. The van der Waals surface area contributed by atoms with Gasteiger partial charge in [-0.3, -0.25) is 9.69 Å². The summed E-state index contributed by atoms with van der Waals surface area (Å²) in [6.07, 6.45) is 1.21. The van der Waals surface area contributed by atoms with E-state index >= 15 is 0 Å². The zero-order valence-electron chi connectivity index (χ0n) is 10.3. The number of likely N-dealkylation sites (tertiary alicyclic amines) is 1. The van der Waals surface area contributed by atoms with Gasteiger partial charge in [0.15, 0.2) is 0 Å². The first-order valence-corrected chi connectivity index (χ1v) is 5.91. The standard InChI is InChI=1S/C12H18N2O3/c1-8-9(2)17-11(13-8)7-14-4-3-10(6-14)5-12(15)16/h10H,3-7H2,1-2H3,(H,15,16). The number of carboxylic acids is 1. The topological polar surface area (TPSA) is 66.6 Å². The molecule has 0 spiro atoms. The Balaban J connectivity index is 1.87. The van der Waals surface area contributed by atoms with Gasteiger partial charge in [0.05, 0.1) is 12.2 Å². The number of hydrogen-bond donors (Lipinski definition) is 1. The number of carbonyl (C=O) groups is 1. The van der Waals surface area contributed by atoms with Gasteiger partial charge in [-0.05, 0) is 32.7 Å². The van der Waals surface area contributed by atoms with Gasteiger partial charge in [0.1, 0.15) is 5.76 Å². The Bertz CT molecular complexity index is 394. The van der Waals surface area contributed by atoms with Gasteiger partial charge in [0, 0.05) is 13.0 Å². The SMILES string of the molecule is Cc1nc(CN2CCC(CC(=O)O)C2)oc1C. The van der Waals surface area contributed by atoms with E-state index in [0.717, 1.165) is 36.9 Å². The molecular weight excluding hydrogens is 220 g/mol. The Morgan fingerprint density at radius 1 is 1.59 bits per heavy atom. The Kier molecular flexibility index (Phi) is 3.47. The van der Waals surface area contributed by atoms with Crippen LogP contribution in [-0.4, -0.2) is 34.0 Å². The number of aryl methyl sites for hydroxylation is 2. The molecule has 0 amide bonds. The summed E-state index contributed by atoms with van der Waals surface area (Å²) in [5.41, 5.74) is 0.932. The molecular formula is C12H18N2O3. The van der Waals surface area contributed by atoms with Crippen molar-refractivity contribution in [3.63, 3.8) is 0 Å². The maximum atomic E-state index is 10.6. The first kappa shape index (κ1) is 12.1. The van der Waals surface area contributed by atoms with E-state index in [1.807, 2.05) is 13.8 Å². The molecule has 94 valence electrons. The molecule has 2 rings (SSSR count). The van der Waals surface area contributed by atoms with Crippen LogP contribution in [0.15, 0.2) is 4.42 Å². The van der Waals surface area contributed by atoms with E-state index in [-0.39, 0.29) is 12.3 Å². The van der Waals surface area contributed by atoms with Gasteiger partial charge < -0.3 is 9.52 Å². The highest BCUT2D eigenvalue weighted by Gasteiger charge is 2.25. The van der Waals surface area contributed by atoms with Gasteiger partial charge >= 0.3 is 5.97 Å². The summed E-state index contributed by atoms with van der Waals surface area (Å²) in [5.74, 6) is 1.15. The molecule has 1 saturated heterocycles. The van der Waals surface area contributed by atoms with Crippen molar-refractivity contribution in [2.45, 2.75) is 33.2 Å². The lowest BCUT2D eigenvalue weighted by Gasteiger charge is -2.12. The van der Waals surface area contributed by atoms with Crippen molar-refractivity contribution in [3.05, 3.63) is 17.3 Å². The average molecular weight is 238 g/mol. The number of aromatic nitrogens is 1. The van der Waals surface area contributed by atoms with Crippen LogP contribution in [0.4, 0.5) is 0 Å². The summed E-state index contributed by atoms with van der Waals surface area (Å²) in [5, 5.41) is 8.74. The molecule has 0 aliphatic carbocycles. The van der Waals surface area contributed by atoms with Gasteiger partial charge in [-0.2, -0.15) is 0 Å². The minimum absolute atomic E-state index is 0.264. The lowest BCUT2D eigenvalue weighted by Crippen LogP contribution is -2.21. The minimum atomic E-state index is -0.709. The van der Waals surface area contributed by atoms with Crippen LogP contribution in [0.1, 0.15) is 30.2 Å². The van der Waals surface area contributed by atoms with Crippen LogP contribution in [0.3, 0.4) is 0 Å². The van der Waals surface area contributed by atoms with E-state index in [0.29, 0.717) is 6.54 Å². The third-order valence-corrected chi connectivity index (χ3v) is 3.26. The van der Waals surface area contributed by atoms with Crippen LogP contribution in [-0.2, 0) is 11.3 Å². The lowest BCUT2D eigenvalue weighted by molar-refractivity contribution is -0.138. The molecule has 17 heavy (non-hydrogen) atoms. The minimum Gasteiger partial charge on any atom is -0.481 e. The highest BCUT2D eigenvalue weighted by molar-refractivity contribution is 5.67. The van der Waals surface area contributed by atoms with E-state index in [1.165, 1.54) is 0 Å². The van der Waals surface area contributed by atoms with Gasteiger partial charge in [0.2, 0.25) is 5.89 Å². The van der Waals surface area contributed by atoms with E-state index < -0.39 is 5.97 Å². The van der Waals surface area contributed by atoms with Crippen molar-refractivity contribution < 1.29 is 14.3 Å². The predicted octanol–water partition coefficient (Wildman–Crippen LogP) is 1.59. The van der Waals surface area contributed by atoms with Crippen molar-refractivity contribution >= 4 is 5.97 Å². The quantitative estimate of drug-likeness (QED) is 0.862. The highest BCUT2D eigenvalue weighted by atomic mass is 16.4. The molecule has 1 unspecified atom stereocenters. The second kappa shape index (κ2) is 4.87. The van der Waals surface area contributed by atoms with Gasteiger partial charge in [-0.1, -0.05) is 0 Å². The second-order valence-corrected chi connectivity index (χ2v) is 4.74. The molecule has 5 heteroatoms. The molecule has 0 radical (unpaired) electrons. The molecule has 1 aliphatic heterocycles. The maximum absolute atomic E-state index is 10.6. The number of oxazole rings is 1. The second-order valence-electron chi connectivity index (χ2n) is 4.74. The zero-order valence-corrected chi connectivity index (χ0v) is 10.3. The monoisotopic (exact) mass is 238 g/mol. The van der Waals surface area contributed by atoms with Crippen LogP contribution in [0, 0.1) is 19.8 Å². The Labute approximate surface area is 100 Å². The Hall–Kier alpha value is -1.36. The molecule has 1 aromatic rings. The molecule has 1 aliphatic rings. The summed E-state index contributed by atoms with van der Waals surface area (Å²) < 4.78 is 5.52. The third kappa shape index (κ3) is 3.06. The first-order valence-electron chi connectivity index (χ1n) is 5.91.